The maximum Gasteiger partial charge on any atom is 0.124 e. The van der Waals surface area contributed by atoms with Crippen LogP contribution in [0.2, 0.25) is 0 Å². The van der Waals surface area contributed by atoms with Gasteiger partial charge in [-0.15, -0.1) is 0 Å². The zero-order valence-corrected chi connectivity index (χ0v) is 9.03. The number of hydrogen-bond donors (Lipinski definition) is 2. The van der Waals surface area contributed by atoms with Gasteiger partial charge in [-0.2, -0.15) is 0 Å². The first kappa shape index (κ1) is 9.46. The van der Waals surface area contributed by atoms with Crippen LogP contribution in [0.1, 0.15) is 17.5 Å². The van der Waals surface area contributed by atoms with Crippen LogP contribution >= 0.6 is 0 Å². The first-order valence-electron chi connectivity index (χ1n) is 5.64. The highest BCUT2D eigenvalue weighted by Gasteiger charge is 2.16. The molecule has 0 radical (unpaired) electrons. The van der Waals surface area contributed by atoms with Crippen molar-refractivity contribution < 1.29 is 5.11 Å². The second-order valence-electron chi connectivity index (χ2n) is 4.21. The smallest absolute Gasteiger partial charge is 0.124 e. The number of aryl methyl sites for hydroxylation is 1. The van der Waals surface area contributed by atoms with Crippen molar-refractivity contribution in [3.63, 3.8) is 0 Å². The molecule has 0 atom stereocenters. The minimum atomic E-state index is 0.331. The van der Waals surface area contributed by atoms with Crippen LogP contribution in [-0.2, 0) is 6.42 Å². The monoisotopic (exact) mass is 214 g/mol. The summed E-state index contributed by atoms with van der Waals surface area (Å²) in [6.45, 7) is 1.82. The van der Waals surface area contributed by atoms with Crippen LogP contribution in [0.4, 0.5) is 0 Å². The molecule has 0 bridgehead atoms. The Morgan fingerprint density at radius 1 is 1.25 bits per heavy atom. The van der Waals surface area contributed by atoms with Gasteiger partial charge in [0.15, 0.2) is 0 Å². The molecule has 0 amide bonds. The summed E-state index contributed by atoms with van der Waals surface area (Å²) in [5.74, 6) is 1.37. The van der Waals surface area contributed by atoms with Gasteiger partial charge in [-0.25, -0.2) is 0 Å². The molecule has 1 aliphatic carbocycles. The van der Waals surface area contributed by atoms with Gasteiger partial charge in [0.1, 0.15) is 11.6 Å². The number of phenolic OH excluding ortho intramolecular Hbond substituents is 1. The van der Waals surface area contributed by atoms with Crippen LogP contribution in [-0.4, -0.2) is 24.0 Å². The third-order valence-electron chi connectivity index (χ3n) is 3.10. The lowest BCUT2D eigenvalue weighted by Crippen LogP contribution is -2.21. The first-order chi connectivity index (χ1) is 7.83. The van der Waals surface area contributed by atoms with E-state index in [1.807, 2.05) is 12.1 Å². The lowest BCUT2D eigenvalue weighted by Gasteiger charge is -2.16. The number of amidine groups is 1. The van der Waals surface area contributed by atoms with E-state index in [1.165, 1.54) is 11.1 Å². The predicted octanol–water partition coefficient (Wildman–Crippen LogP) is 1.72. The molecule has 0 saturated carbocycles. The second-order valence-corrected chi connectivity index (χ2v) is 4.21. The average Bonchev–Trinajstić information content (AvgIpc) is 2.81. The van der Waals surface area contributed by atoms with Crippen LogP contribution in [0.5, 0.6) is 5.75 Å². The van der Waals surface area contributed by atoms with E-state index >= 15 is 0 Å². The van der Waals surface area contributed by atoms with Gasteiger partial charge in [0.2, 0.25) is 0 Å². The lowest BCUT2D eigenvalue weighted by atomic mass is 9.91. The van der Waals surface area contributed by atoms with Gasteiger partial charge in [0.25, 0.3) is 0 Å². The Kier molecular flexibility index (Phi) is 2.17. The summed E-state index contributed by atoms with van der Waals surface area (Å²) in [5, 5.41) is 12.8. The van der Waals surface area contributed by atoms with Crippen LogP contribution in [0, 0.1) is 0 Å². The van der Waals surface area contributed by atoms with Crippen LogP contribution in [0.15, 0.2) is 28.8 Å². The van der Waals surface area contributed by atoms with E-state index in [9.17, 15) is 5.11 Å². The van der Waals surface area contributed by atoms with Gasteiger partial charge < -0.3 is 10.4 Å². The zero-order chi connectivity index (χ0) is 11.0. The number of hydrogen-bond acceptors (Lipinski definition) is 3. The van der Waals surface area contributed by atoms with E-state index in [-0.39, 0.29) is 0 Å². The molecule has 2 N–H and O–H groups in total. The molecule has 0 spiro atoms. The number of benzene rings is 1. The van der Waals surface area contributed by atoms with Crippen LogP contribution < -0.4 is 5.32 Å². The van der Waals surface area contributed by atoms with E-state index < -0.39 is 0 Å². The van der Waals surface area contributed by atoms with Crippen LogP contribution in [0.25, 0.3) is 6.08 Å². The molecule has 3 nitrogen and oxygen atoms in total. The summed E-state index contributed by atoms with van der Waals surface area (Å²) in [6, 6.07) is 5.58. The Labute approximate surface area is 94.5 Å². The Morgan fingerprint density at radius 3 is 3.00 bits per heavy atom. The van der Waals surface area contributed by atoms with Gasteiger partial charge in [-0.3, -0.25) is 4.99 Å². The fourth-order valence-electron chi connectivity index (χ4n) is 2.27. The highest BCUT2D eigenvalue weighted by Crippen LogP contribution is 2.27. The summed E-state index contributed by atoms with van der Waals surface area (Å²) < 4.78 is 0. The number of fused-ring (bicyclic) bond motifs is 1. The molecule has 3 rings (SSSR count). The van der Waals surface area contributed by atoms with Gasteiger partial charge in [0.05, 0.1) is 6.54 Å². The molecule has 0 saturated heterocycles. The third kappa shape index (κ3) is 1.58. The standard InChI is InChI=1S/C13H14N2O/c16-12-4-3-9-1-2-10(7-11(9)8-12)13-14-5-6-15-13/h3-4,7-8,16H,1-2,5-6H2,(H,14,15). The number of rotatable bonds is 1. The van der Waals surface area contributed by atoms with E-state index in [1.54, 1.807) is 6.07 Å². The minimum absolute atomic E-state index is 0.331. The van der Waals surface area contributed by atoms with Crippen LogP contribution in [0.3, 0.4) is 0 Å². The molecule has 1 aliphatic heterocycles. The van der Waals surface area contributed by atoms with Gasteiger partial charge >= 0.3 is 0 Å². The Bertz CT molecular complexity index is 489. The average molecular weight is 214 g/mol. The largest absolute Gasteiger partial charge is 0.508 e. The number of aliphatic imine (C=N–C) groups is 1. The SMILES string of the molecule is Oc1ccc2c(c1)C=C(C1=NCCN1)CC2. The maximum atomic E-state index is 9.46. The third-order valence-corrected chi connectivity index (χ3v) is 3.10. The van der Waals surface area contributed by atoms with Crippen molar-refractivity contribution in [3.05, 3.63) is 34.9 Å². The van der Waals surface area contributed by atoms with Crippen molar-refractivity contribution >= 4 is 11.9 Å². The number of aromatic hydroxyl groups is 1. The van der Waals surface area contributed by atoms with Gasteiger partial charge in [-0.1, -0.05) is 6.07 Å². The summed E-state index contributed by atoms with van der Waals surface area (Å²) in [6.07, 6.45) is 4.20. The molecule has 0 fully saturated rings. The molecule has 1 aromatic carbocycles. The number of nitrogens with zero attached hydrogens (tertiary/aromatic N) is 1. The Balaban J connectivity index is 1.99. The quantitative estimate of drug-likeness (QED) is 0.747. The summed E-state index contributed by atoms with van der Waals surface area (Å²) in [4.78, 5) is 4.43. The lowest BCUT2D eigenvalue weighted by molar-refractivity contribution is 0.475. The Morgan fingerprint density at radius 2 is 2.19 bits per heavy atom. The number of phenols is 1. The van der Waals surface area contributed by atoms with Crippen molar-refractivity contribution in [2.75, 3.05) is 13.1 Å². The van der Waals surface area contributed by atoms with E-state index in [4.69, 9.17) is 0 Å². The molecular formula is C13H14N2O. The fraction of sp³-hybridized carbons (Fsp3) is 0.308. The predicted molar refractivity (Wildman–Crippen MR) is 64.7 cm³/mol. The zero-order valence-electron chi connectivity index (χ0n) is 9.03. The maximum absolute atomic E-state index is 9.46. The molecular weight excluding hydrogens is 200 g/mol. The highest BCUT2D eigenvalue weighted by atomic mass is 16.3. The molecule has 82 valence electrons. The molecule has 2 aliphatic rings. The summed E-state index contributed by atoms with van der Waals surface area (Å²) >= 11 is 0. The summed E-state index contributed by atoms with van der Waals surface area (Å²) in [5.41, 5.74) is 3.69. The first-order valence-corrected chi connectivity index (χ1v) is 5.64. The Hall–Kier alpha value is -1.77. The van der Waals surface area contributed by atoms with E-state index in [0.29, 0.717) is 5.75 Å². The van der Waals surface area contributed by atoms with Crippen molar-refractivity contribution in [2.24, 2.45) is 4.99 Å². The van der Waals surface area contributed by atoms with E-state index in [2.05, 4.69) is 16.4 Å². The molecule has 1 aromatic rings. The highest BCUT2D eigenvalue weighted by molar-refractivity contribution is 6.03. The van der Waals surface area contributed by atoms with Crippen molar-refractivity contribution in [1.82, 2.24) is 5.32 Å². The molecule has 16 heavy (non-hydrogen) atoms. The van der Waals surface area contributed by atoms with E-state index in [0.717, 1.165) is 37.3 Å². The van der Waals surface area contributed by atoms with Crippen molar-refractivity contribution in [2.45, 2.75) is 12.8 Å². The molecule has 0 unspecified atom stereocenters. The van der Waals surface area contributed by atoms with Crippen molar-refractivity contribution in [1.29, 1.82) is 0 Å². The van der Waals surface area contributed by atoms with Gasteiger partial charge in [0, 0.05) is 6.54 Å². The van der Waals surface area contributed by atoms with Crippen molar-refractivity contribution in [3.8, 4) is 5.75 Å². The minimum Gasteiger partial charge on any atom is -0.508 e. The topological polar surface area (TPSA) is 44.6 Å². The van der Waals surface area contributed by atoms with Gasteiger partial charge in [-0.05, 0) is 47.8 Å². The molecule has 1 heterocycles. The summed E-state index contributed by atoms with van der Waals surface area (Å²) in [7, 11) is 0. The second kappa shape index (κ2) is 3.67. The number of nitrogens with one attached hydrogen (secondary N) is 1. The molecule has 3 heteroatoms. The normalized spacial score (nSPS) is 18.5. The molecule has 0 aromatic heterocycles. The fourth-order valence-corrected chi connectivity index (χ4v) is 2.27.